The van der Waals surface area contributed by atoms with E-state index in [9.17, 15) is 4.79 Å². The van der Waals surface area contributed by atoms with E-state index < -0.39 is 0 Å². The lowest BCUT2D eigenvalue weighted by Crippen LogP contribution is -2.20. The second-order valence-electron chi connectivity index (χ2n) is 4.45. The average molecular weight is 345 g/mol. The molecule has 3 N–H and O–H groups in total. The first-order valence-corrected chi connectivity index (χ1v) is 7.23. The highest BCUT2D eigenvalue weighted by Crippen LogP contribution is 2.28. The second-order valence-corrected chi connectivity index (χ2v) is 5.36. The molecule has 0 saturated heterocycles. The van der Waals surface area contributed by atoms with E-state index in [1.807, 2.05) is 19.1 Å². The van der Waals surface area contributed by atoms with Gasteiger partial charge in [0.15, 0.2) is 0 Å². The van der Waals surface area contributed by atoms with Crippen molar-refractivity contribution >= 4 is 21.8 Å². The van der Waals surface area contributed by atoms with Crippen molar-refractivity contribution in [3.05, 3.63) is 27.7 Å². The number of primary amides is 1. The molecule has 5 nitrogen and oxygen atoms in total. The molecule has 1 aromatic carbocycles. The predicted octanol–water partition coefficient (Wildman–Crippen LogP) is 1.75. The number of hydrogen-bond donors (Lipinski definition) is 2. The summed E-state index contributed by atoms with van der Waals surface area (Å²) in [5.41, 5.74) is 7.18. The average Bonchev–Trinajstić information content (AvgIpc) is 2.37. The maximum Gasteiger partial charge on any atom is 0.220 e. The minimum atomic E-state index is -0.362. The van der Waals surface area contributed by atoms with Crippen molar-refractivity contribution in [2.24, 2.45) is 5.73 Å². The Kier molecular flexibility index (Phi) is 7.58. The summed E-state index contributed by atoms with van der Waals surface area (Å²) in [6.07, 6.45) is 0.214. The SMILES string of the molecule is COCCNCc1cc(Br)cc(C)c1OCCC(N)=O. The number of hydrogen-bond acceptors (Lipinski definition) is 4. The first-order valence-electron chi connectivity index (χ1n) is 6.44. The monoisotopic (exact) mass is 344 g/mol. The Morgan fingerprint density at radius 3 is 2.80 bits per heavy atom. The van der Waals surface area contributed by atoms with Crippen LogP contribution in [0.1, 0.15) is 17.5 Å². The smallest absolute Gasteiger partial charge is 0.220 e. The van der Waals surface area contributed by atoms with Gasteiger partial charge in [0.2, 0.25) is 5.91 Å². The van der Waals surface area contributed by atoms with Gasteiger partial charge in [0.05, 0.1) is 19.6 Å². The van der Waals surface area contributed by atoms with Crippen LogP contribution in [0.4, 0.5) is 0 Å². The van der Waals surface area contributed by atoms with E-state index in [4.69, 9.17) is 15.2 Å². The predicted molar refractivity (Wildman–Crippen MR) is 81.8 cm³/mol. The van der Waals surface area contributed by atoms with Crippen molar-refractivity contribution in [1.29, 1.82) is 0 Å². The number of aryl methyl sites for hydroxylation is 1. The highest BCUT2D eigenvalue weighted by atomic mass is 79.9. The van der Waals surface area contributed by atoms with Gasteiger partial charge >= 0.3 is 0 Å². The van der Waals surface area contributed by atoms with Gasteiger partial charge in [-0.2, -0.15) is 0 Å². The number of carbonyl (C=O) groups is 1. The van der Waals surface area contributed by atoms with E-state index in [-0.39, 0.29) is 12.3 Å². The number of ether oxygens (including phenoxy) is 2. The zero-order valence-electron chi connectivity index (χ0n) is 11.9. The van der Waals surface area contributed by atoms with Crippen LogP contribution in [0.5, 0.6) is 5.75 Å². The fourth-order valence-corrected chi connectivity index (χ4v) is 2.41. The number of benzene rings is 1. The fraction of sp³-hybridized carbons (Fsp3) is 0.500. The van der Waals surface area contributed by atoms with Crippen LogP contribution >= 0.6 is 15.9 Å². The molecular weight excluding hydrogens is 324 g/mol. The van der Waals surface area contributed by atoms with Crippen molar-refractivity contribution < 1.29 is 14.3 Å². The third kappa shape index (κ3) is 5.90. The number of carbonyl (C=O) groups excluding carboxylic acids is 1. The van der Waals surface area contributed by atoms with Gasteiger partial charge in [-0.15, -0.1) is 0 Å². The van der Waals surface area contributed by atoms with Crippen LogP contribution in [0.15, 0.2) is 16.6 Å². The quantitative estimate of drug-likeness (QED) is 0.669. The lowest BCUT2D eigenvalue weighted by molar-refractivity contribution is -0.118. The van der Waals surface area contributed by atoms with Crippen molar-refractivity contribution in [3.8, 4) is 5.75 Å². The van der Waals surface area contributed by atoms with Crippen LogP contribution in [0, 0.1) is 6.92 Å². The molecule has 0 saturated carbocycles. The van der Waals surface area contributed by atoms with E-state index in [2.05, 4.69) is 21.2 Å². The summed E-state index contributed by atoms with van der Waals surface area (Å²) in [5.74, 6) is 0.443. The molecule has 0 aliphatic heterocycles. The van der Waals surface area contributed by atoms with Gasteiger partial charge in [-0.05, 0) is 24.6 Å². The summed E-state index contributed by atoms with van der Waals surface area (Å²) < 4.78 is 11.7. The molecule has 0 unspecified atom stereocenters. The third-order valence-electron chi connectivity index (χ3n) is 2.71. The molecule has 0 fully saturated rings. The Balaban J connectivity index is 2.71. The van der Waals surface area contributed by atoms with E-state index in [1.165, 1.54) is 0 Å². The molecule has 1 amide bonds. The van der Waals surface area contributed by atoms with Crippen LogP contribution in [0.3, 0.4) is 0 Å². The zero-order chi connectivity index (χ0) is 15.0. The molecule has 0 atom stereocenters. The van der Waals surface area contributed by atoms with Crippen molar-refractivity contribution in [2.45, 2.75) is 19.9 Å². The molecule has 0 heterocycles. The lowest BCUT2D eigenvalue weighted by atomic mass is 10.1. The topological polar surface area (TPSA) is 73.6 Å². The Morgan fingerprint density at radius 1 is 1.40 bits per heavy atom. The second kappa shape index (κ2) is 8.94. The summed E-state index contributed by atoms with van der Waals surface area (Å²) in [5, 5.41) is 3.28. The van der Waals surface area contributed by atoms with Gasteiger partial charge in [0.1, 0.15) is 5.75 Å². The first kappa shape index (κ1) is 16.9. The molecule has 0 aliphatic carbocycles. The molecule has 0 radical (unpaired) electrons. The summed E-state index contributed by atoms with van der Waals surface area (Å²) in [6, 6.07) is 3.99. The van der Waals surface area contributed by atoms with E-state index in [1.54, 1.807) is 7.11 Å². The Morgan fingerprint density at radius 2 is 2.15 bits per heavy atom. The summed E-state index contributed by atoms with van der Waals surface area (Å²) in [7, 11) is 1.67. The summed E-state index contributed by atoms with van der Waals surface area (Å²) in [4.78, 5) is 10.8. The number of amides is 1. The zero-order valence-corrected chi connectivity index (χ0v) is 13.5. The summed E-state index contributed by atoms with van der Waals surface area (Å²) in [6.45, 7) is 4.37. The molecule has 0 aliphatic rings. The number of rotatable bonds is 9. The molecule has 0 bridgehead atoms. The maximum atomic E-state index is 10.8. The van der Waals surface area contributed by atoms with Crippen LogP contribution in [-0.4, -0.2) is 32.8 Å². The van der Waals surface area contributed by atoms with Crippen LogP contribution in [-0.2, 0) is 16.1 Å². The standard InChI is InChI=1S/C14H21BrN2O3/c1-10-7-12(15)8-11(9-17-4-6-19-2)14(10)20-5-3-13(16)18/h7-8,17H,3-6,9H2,1-2H3,(H2,16,18). The lowest BCUT2D eigenvalue weighted by Gasteiger charge is -2.15. The van der Waals surface area contributed by atoms with Crippen LogP contribution in [0.2, 0.25) is 0 Å². The Labute approximate surface area is 127 Å². The van der Waals surface area contributed by atoms with Gasteiger partial charge < -0.3 is 20.5 Å². The van der Waals surface area contributed by atoms with Gasteiger partial charge in [0, 0.05) is 30.2 Å². The highest BCUT2D eigenvalue weighted by molar-refractivity contribution is 9.10. The number of nitrogens with two attached hydrogens (primary N) is 1. The van der Waals surface area contributed by atoms with Crippen LogP contribution in [0.25, 0.3) is 0 Å². The van der Waals surface area contributed by atoms with Gasteiger partial charge in [0.25, 0.3) is 0 Å². The van der Waals surface area contributed by atoms with Gasteiger partial charge in [-0.3, -0.25) is 4.79 Å². The Hall–Kier alpha value is -1.11. The highest BCUT2D eigenvalue weighted by Gasteiger charge is 2.09. The minimum absolute atomic E-state index is 0.214. The molecule has 0 aromatic heterocycles. The number of nitrogens with one attached hydrogen (secondary N) is 1. The normalized spacial score (nSPS) is 10.6. The molecule has 112 valence electrons. The van der Waals surface area contributed by atoms with Crippen molar-refractivity contribution in [1.82, 2.24) is 5.32 Å². The third-order valence-corrected chi connectivity index (χ3v) is 3.17. The number of halogens is 1. The van der Waals surface area contributed by atoms with E-state index >= 15 is 0 Å². The van der Waals surface area contributed by atoms with Crippen LogP contribution < -0.4 is 15.8 Å². The summed E-state index contributed by atoms with van der Waals surface area (Å²) >= 11 is 3.48. The minimum Gasteiger partial charge on any atom is -0.492 e. The van der Waals surface area contributed by atoms with Gasteiger partial charge in [-0.25, -0.2) is 0 Å². The van der Waals surface area contributed by atoms with Crippen molar-refractivity contribution in [2.75, 3.05) is 26.9 Å². The first-order chi connectivity index (χ1) is 9.54. The fourth-order valence-electron chi connectivity index (χ4n) is 1.79. The molecule has 6 heteroatoms. The Bertz CT molecular complexity index is 452. The van der Waals surface area contributed by atoms with E-state index in [0.717, 1.165) is 27.9 Å². The van der Waals surface area contributed by atoms with Crippen molar-refractivity contribution in [3.63, 3.8) is 0 Å². The van der Waals surface area contributed by atoms with E-state index in [0.29, 0.717) is 19.8 Å². The molecule has 20 heavy (non-hydrogen) atoms. The number of methoxy groups -OCH3 is 1. The molecule has 0 spiro atoms. The maximum absolute atomic E-state index is 10.8. The van der Waals surface area contributed by atoms with Gasteiger partial charge in [-0.1, -0.05) is 15.9 Å². The largest absolute Gasteiger partial charge is 0.492 e. The molecular formula is C14H21BrN2O3. The molecule has 1 aromatic rings. The molecule has 1 rings (SSSR count).